The fraction of sp³-hybridized carbons (Fsp3) is 0.920. The number of carboxylic acid groups (broad SMARTS) is 1. The fourth-order valence-electron chi connectivity index (χ4n) is 9.01. The minimum absolute atomic E-state index is 0.0469. The second-order valence-corrected chi connectivity index (χ2v) is 11.8. The molecule has 4 aliphatic carbocycles. The Morgan fingerprint density at radius 3 is 2.65 bits per heavy atom. The summed E-state index contributed by atoms with van der Waals surface area (Å²) in [6.07, 6.45) is 8.14. The van der Waals surface area contributed by atoms with Gasteiger partial charge in [-0.25, -0.2) is 0 Å². The van der Waals surface area contributed by atoms with E-state index in [2.05, 4.69) is 19.2 Å². The van der Waals surface area contributed by atoms with Crippen molar-refractivity contribution < 1.29 is 24.5 Å². The van der Waals surface area contributed by atoms with Crippen molar-refractivity contribution in [1.29, 1.82) is 0 Å². The standard InChI is InChI=1S/C25H39NO5/c1-13(4-7-22(29)30)17-5-6-18-23-19(12-21-25(17,18)31-21)24(3)9-8-16(26-14(2)27)10-15(24)11-20(23)28/h13,15-21,23,28H,4-12H2,1-3H3,(H,26,27)(H,29,30). The van der Waals surface area contributed by atoms with E-state index in [1.807, 2.05) is 0 Å². The zero-order chi connectivity index (χ0) is 22.1. The lowest BCUT2D eigenvalue weighted by Gasteiger charge is -2.59. The molecule has 31 heavy (non-hydrogen) atoms. The quantitative estimate of drug-likeness (QED) is 0.578. The average molecular weight is 434 g/mol. The van der Waals surface area contributed by atoms with Crippen molar-refractivity contribution in [3.8, 4) is 0 Å². The first-order valence-corrected chi connectivity index (χ1v) is 12.5. The molecule has 11 unspecified atom stereocenters. The number of aliphatic carboxylic acids is 1. The summed E-state index contributed by atoms with van der Waals surface area (Å²) in [6, 6.07) is 0.241. The van der Waals surface area contributed by atoms with E-state index in [1.54, 1.807) is 6.92 Å². The molecule has 0 radical (unpaired) electrons. The maximum atomic E-state index is 11.6. The number of hydrogen-bond donors (Lipinski definition) is 3. The van der Waals surface area contributed by atoms with E-state index >= 15 is 0 Å². The summed E-state index contributed by atoms with van der Waals surface area (Å²) < 4.78 is 6.55. The van der Waals surface area contributed by atoms with Crippen LogP contribution >= 0.6 is 0 Å². The highest BCUT2D eigenvalue weighted by Gasteiger charge is 2.76. The summed E-state index contributed by atoms with van der Waals surface area (Å²) >= 11 is 0. The van der Waals surface area contributed by atoms with Crippen LogP contribution < -0.4 is 5.32 Å². The number of nitrogens with one attached hydrogen (secondary N) is 1. The van der Waals surface area contributed by atoms with Crippen LogP contribution in [0.3, 0.4) is 0 Å². The number of fused-ring (bicyclic) bond motifs is 4. The Morgan fingerprint density at radius 2 is 1.94 bits per heavy atom. The second kappa shape index (κ2) is 7.44. The van der Waals surface area contributed by atoms with Crippen LogP contribution in [0.1, 0.15) is 78.6 Å². The van der Waals surface area contributed by atoms with Gasteiger partial charge in [0, 0.05) is 19.4 Å². The number of aliphatic hydroxyl groups is 1. The number of ether oxygens (including phenoxy) is 1. The highest BCUT2D eigenvalue weighted by atomic mass is 16.6. The smallest absolute Gasteiger partial charge is 0.303 e. The van der Waals surface area contributed by atoms with E-state index in [0.717, 1.165) is 44.9 Å². The van der Waals surface area contributed by atoms with Crippen molar-refractivity contribution in [2.45, 2.75) is 102 Å². The number of carbonyl (C=O) groups is 2. The van der Waals surface area contributed by atoms with Crippen LogP contribution in [0.15, 0.2) is 0 Å². The molecule has 11 atom stereocenters. The van der Waals surface area contributed by atoms with E-state index in [4.69, 9.17) is 9.84 Å². The Morgan fingerprint density at radius 1 is 1.16 bits per heavy atom. The largest absolute Gasteiger partial charge is 0.481 e. The number of carbonyl (C=O) groups excluding carboxylic acids is 1. The lowest BCUT2D eigenvalue weighted by Crippen LogP contribution is -2.59. The molecule has 5 rings (SSSR count). The summed E-state index contributed by atoms with van der Waals surface area (Å²) in [4.78, 5) is 22.7. The minimum atomic E-state index is -0.715. The van der Waals surface area contributed by atoms with E-state index in [-0.39, 0.29) is 41.6 Å². The Balaban J connectivity index is 1.35. The van der Waals surface area contributed by atoms with Crippen molar-refractivity contribution in [2.75, 3.05) is 0 Å². The molecule has 0 bridgehead atoms. The third-order valence-corrected chi connectivity index (χ3v) is 10.4. The number of aliphatic hydroxyl groups excluding tert-OH is 1. The molecule has 1 amide bonds. The van der Waals surface area contributed by atoms with Crippen LogP contribution in [-0.2, 0) is 14.3 Å². The lowest BCUT2D eigenvalue weighted by atomic mass is 9.46. The van der Waals surface area contributed by atoms with E-state index in [1.165, 1.54) is 0 Å². The predicted octanol–water partition coefficient (Wildman–Crippen LogP) is 3.36. The van der Waals surface area contributed by atoms with Gasteiger partial charge in [0.2, 0.25) is 5.91 Å². The molecular weight excluding hydrogens is 394 g/mol. The van der Waals surface area contributed by atoms with Crippen molar-refractivity contribution in [3.05, 3.63) is 0 Å². The molecule has 6 heteroatoms. The number of amides is 1. The van der Waals surface area contributed by atoms with Crippen molar-refractivity contribution in [1.82, 2.24) is 5.32 Å². The van der Waals surface area contributed by atoms with Crippen LogP contribution in [0, 0.1) is 40.9 Å². The van der Waals surface area contributed by atoms with E-state index < -0.39 is 5.97 Å². The maximum Gasteiger partial charge on any atom is 0.303 e. The zero-order valence-corrected chi connectivity index (χ0v) is 19.2. The van der Waals surface area contributed by atoms with Gasteiger partial charge in [-0.05, 0) is 92.3 Å². The number of carboxylic acids is 1. The Bertz CT molecular complexity index is 756. The van der Waals surface area contributed by atoms with E-state index in [9.17, 15) is 14.7 Å². The van der Waals surface area contributed by atoms with Gasteiger partial charge in [-0.2, -0.15) is 0 Å². The molecule has 4 saturated carbocycles. The molecule has 5 fully saturated rings. The average Bonchev–Trinajstić information content (AvgIpc) is 3.30. The van der Waals surface area contributed by atoms with Gasteiger partial charge in [0.1, 0.15) is 5.60 Å². The summed E-state index contributed by atoms with van der Waals surface area (Å²) in [6.45, 7) is 6.24. The van der Waals surface area contributed by atoms with Crippen molar-refractivity contribution in [3.63, 3.8) is 0 Å². The normalized spacial score (nSPS) is 51.0. The number of hydrogen-bond acceptors (Lipinski definition) is 4. The highest BCUT2D eigenvalue weighted by molar-refractivity contribution is 5.73. The van der Waals surface area contributed by atoms with Gasteiger partial charge in [-0.3, -0.25) is 9.59 Å². The van der Waals surface area contributed by atoms with Gasteiger partial charge in [-0.1, -0.05) is 13.8 Å². The second-order valence-electron chi connectivity index (χ2n) is 11.8. The summed E-state index contributed by atoms with van der Waals surface area (Å²) in [5, 5.41) is 23.6. The van der Waals surface area contributed by atoms with E-state index in [0.29, 0.717) is 41.9 Å². The Hall–Kier alpha value is -1.14. The molecule has 1 spiro atoms. The van der Waals surface area contributed by atoms with Crippen LogP contribution in [-0.4, -0.2) is 45.9 Å². The molecule has 0 aromatic rings. The molecular formula is C25H39NO5. The first-order valence-electron chi connectivity index (χ1n) is 12.5. The SMILES string of the molecule is CC(=O)NC1CCC2(C)C(C1)CC(O)C1C2CC2OC23C(C(C)CCC(=O)O)CCC13. The van der Waals surface area contributed by atoms with Crippen LogP contribution in [0.4, 0.5) is 0 Å². The van der Waals surface area contributed by atoms with Crippen LogP contribution in [0.2, 0.25) is 0 Å². The Labute approximate surface area is 185 Å². The topological polar surface area (TPSA) is 99.2 Å². The molecule has 1 heterocycles. The number of rotatable bonds is 5. The molecule has 0 aromatic heterocycles. The summed E-state index contributed by atoms with van der Waals surface area (Å²) in [7, 11) is 0. The van der Waals surface area contributed by atoms with Gasteiger partial charge in [0.15, 0.2) is 0 Å². The Kier molecular flexibility index (Phi) is 5.21. The molecule has 3 N–H and O–H groups in total. The lowest BCUT2D eigenvalue weighted by molar-refractivity contribution is -0.142. The van der Waals surface area contributed by atoms with Crippen molar-refractivity contribution >= 4 is 11.9 Å². The molecule has 174 valence electrons. The zero-order valence-electron chi connectivity index (χ0n) is 19.2. The summed E-state index contributed by atoms with van der Waals surface area (Å²) in [5.74, 6) is 1.75. The molecule has 5 aliphatic rings. The maximum absolute atomic E-state index is 11.6. The monoisotopic (exact) mass is 433 g/mol. The first kappa shape index (κ1) is 21.7. The van der Waals surface area contributed by atoms with Gasteiger partial charge in [0.25, 0.3) is 0 Å². The van der Waals surface area contributed by atoms with Crippen LogP contribution in [0.25, 0.3) is 0 Å². The molecule has 1 saturated heterocycles. The van der Waals surface area contributed by atoms with Gasteiger partial charge in [-0.15, -0.1) is 0 Å². The van der Waals surface area contributed by atoms with Gasteiger partial charge < -0.3 is 20.3 Å². The molecule has 1 aliphatic heterocycles. The third-order valence-electron chi connectivity index (χ3n) is 10.4. The van der Waals surface area contributed by atoms with Gasteiger partial charge >= 0.3 is 5.97 Å². The molecule has 6 nitrogen and oxygen atoms in total. The summed E-state index contributed by atoms with van der Waals surface area (Å²) in [5.41, 5.74) is 0.112. The predicted molar refractivity (Wildman–Crippen MR) is 115 cm³/mol. The van der Waals surface area contributed by atoms with Crippen molar-refractivity contribution in [2.24, 2.45) is 40.9 Å². The molecule has 0 aromatic carbocycles. The highest BCUT2D eigenvalue weighted by Crippen LogP contribution is 2.72. The minimum Gasteiger partial charge on any atom is -0.481 e. The number of epoxide rings is 1. The fourth-order valence-corrected chi connectivity index (χ4v) is 9.01. The third kappa shape index (κ3) is 3.26. The van der Waals surface area contributed by atoms with Crippen LogP contribution in [0.5, 0.6) is 0 Å². The first-order chi connectivity index (χ1) is 14.7. The van der Waals surface area contributed by atoms with Gasteiger partial charge in [0.05, 0.1) is 12.2 Å².